The van der Waals surface area contributed by atoms with E-state index in [0.717, 1.165) is 17.8 Å². The third kappa shape index (κ3) is 5.08. The molecule has 2 aromatic carbocycles. The van der Waals surface area contributed by atoms with Gasteiger partial charge in [0.15, 0.2) is 5.75 Å². The fourth-order valence-electron chi connectivity index (χ4n) is 3.12. The highest BCUT2D eigenvalue weighted by Gasteiger charge is 2.24. The van der Waals surface area contributed by atoms with Crippen molar-refractivity contribution in [1.29, 1.82) is 0 Å². The largest absolute Gasteiger partial charge is 0.493 e. The number of nitrogens with zero attached hydrogens (tertiary/aromatic N) is 4. The Kier molecular flexibility index (Phi) is 7.22. The molecule has 172 valence electrons. The molecule has 0 amide bonds. The predicted molar refractivity (Wildman–Crippen MR) is 126 cm³/mol. The number of hydrogen-bond donors (Lipinski definition) is 0. The van der Waals surface area contributed by atoms with E-state index in [9.17, 15) is 19.7 Å². The van der Waals surface area contributed by atoms with Crippen LogP contribution in [0.1, 0.15) is 44.5 Å². The SMILES string of the molecule is CC[C@H](C)c1nc2ccc(Br)cc2c(=O)n1N=Cc1cc(OC)c(OC(C)=O)c([N+](=O)[O-])c1. The molecule has 33 heavy (non-hydrogen) atoms. The third-order valence-electron chi connectivity index (χ3n) is 4.93. The highest BCUT2D eigenvalue weighted by Crippen LogP contribution is 2.38. The van der Waals surface area contributed by atoms with E-state index in [0.29, 0.717) is 16.7 Å². The Morgan fingerprint density at radius 3 is 2.70 bits per heavy atom. The Balaban J connectivity index is 2.20. The van der Waals surface area contributed by atoms with Crippen LogP contribution in [0, 0.1) is 10.1 Å². The van der Waals surface area contributed by atoms with E-state index >= 15 is 0 Å². The van der Waals surface area contributed by atoms with Gasteiger partial charge in [-0.05, 0) is 30.7 Å². The normalized spacial score (nSPS) is 12.2. The summed E-state index contributed by atoms with van der Waals surface area (Å²) >= 11 is 3.36. The van der Waals surface area contributed by atoms with Gasteiger partial charge in [-0.3, -0.25) is 19.7 Å². The van der Waals surface area contributed by atoms with Crippen LogP contribution >= 0.6 is 15.9 Å². The number of halogens is 1. The van der Waals surface area contributed by atoms with Crippen LogP contribution in [0.4, 0.5) is 5.69 Å². The van der Waals surface area contributed by atoms with Gasteiger partial charge in [0.2, 0.25) is 5.75 Å². The van der Waals surface area contributed by atoms with Crippen molar-refractivity contribution >= 4 is 44.7 Å². The standard InChI is InChI=1S/C22H21BrN4O6/c1-5-12(2)21-25-17-7-6-15(23)10-16(17)22(29)26(21)24-11-14-8-18(27(30)31)20(33-13(3)28)19(9-14)32-4/h6-12H,5H2,1-4H3/t12-/m0/s1. The zero-order valence-electron chi connectivity index (χ0n) is 18.4. The second-order valence-electron chi connectivity index (χ2n) is 7.22. The van der Waals surface area contributed by atoms with Crippen molar-refractivity contribution in [3.63, 3.8) is 0 Å². The summed E-state index contributed by atoms with van der Waals surface area (Å²) in [5.41, 5.74) is -0.0225. The molecule has 0 saturated heterocycles. The van der Waals surface area contributed by atoms with Gasteiger partial charge >= 0.3 is 11.7 Å². The number of fused-ring (bicyclic) bond motifs is 1. The fraction of sp³-hybridized carbons (Fsp3) is 0.273. The van der Waals surface area contributed by atoms with Crippen molar-refractivity contribution in [2.45, 2.75) is 33.1 Å². The molecule has 0 aliphatic heterocycles. The molecule has 0 aliphatic carbocycles. The quantitative estimate of drug-likeness (QED) is 0.150. The van der Waals surface area contributed by atoms with Crippen LogP contribution in [0.25, 0.3) is 10.9 Å². The number of ether oxygens (including phenoxy) is 2. The Bertz CT molecular complexity index is 1330. The van der Waals surface area contributed by atoms with Gasteiger partial charge in [-0.1, -0.05) is 29.8 Å². The first-order valence-electron chi connectivity index (χ1n) is 9.97. The maximum Gasteiger partial charge on any atom is 0.316 e. The first kappa shape index (κ1) is 24.1. The molecule has 3 aromatic rings. The zero-order chi connectivity index (χ0) is 24.3. The molecule has 11 heteroatoms. The number of benzene rings is 2. The van der Waals surface area contributed by atoms with Gasteiger partial charge < -0.3 is 9.47 Å². The number of nitro groups is 1. The number of methoxy groups -OCH3 is 1. The smallest absolute Gasteiger partial charge is 0.316 e. The van der Waals surface area contributed by atoms with Crippen LogP contribution in [0.2, 0.25) is 0 Å². The van der Waals surface area contributed by atoms with E-state index in [1.807, 2.05) is 13.8 Å². The minimum Gasteiger partial charge on any atom is -0.493 e. The second-order valence-corrected chi connectivity index (χ2v) is 8.14. The van der Waals surface area contributed by atoms with Gasteiger partial charge in [0.25, 0.3) is 5.56 Å². The molecule has 1 atom stereocenters. The molecule has 10 nitrogen and oxygen atoms in total. The Morgan fingerprint density at radius 1 is 1.36 bits per heavy atom. The lowest BCUT2D eigenvalue weighted by Gasteiger charge is -2.14. The molecule has 0 saturated carbocycles. The summed E-state index contributed by atoms with van der Waals surface area (Å²) < 4.78 is 12.1. The van der Waals surface area contributed by atoms with Crippen molar-refractivity contribution in [2.24, 2.45) is 5.10 Å². The van der Waals surface area contributed by atoms with Gasteiger partial charge in [-0.25, -0.2) is 4.98 Å². The number of esters is 1. The fourth-order valence-corrected chi connectivity index (χ4v) is 3.48. The Morgan fingerprint density at radius 2 is 2.09 bits per heavy atom. The van der Waals surface area contributed by atoms with E-state index in [4.69, 9.17) is 9.47 Å². The minimum absolute atomic E-state index is 0.0177. The number of hydrogen-bond acceptors (Lipinski definition) is 8. The first-order valence-corrected chi connectivity index (χ1v) is 10.8. The van der Waals surface area contributed by atoms with Gasteiger partial charge in [0.1, 0.15) is 5.82 Å². The molecule has 0 bridgehead atoms. The Hall–Kier alpha value is -3.60. The third-order valence-corrected chi connectivity index (χ3v) is 5.42. The van der Waals surface area contributed by atoms with Crippen LogP contribution in [-0.2, 0) is 4.79 Å². The van der Waals surface area contributed by atoms with Crippen molar-refractivity contribution in [2.75, 3.05) is 7.11 Å². The summed E-state index contributed by atoms with van der Waals surface area (Å²) in [6.45, 7) is 5.03. The van der Waals surface area contributed by atoms with Crippen molar-refractivity contribution in [1.82, 2.24) is 9.66 Å². The van der Waals surface area contributed by atoms with Crippen molar-refractivity contribution in [3.05, 3.63) is 66.7 Å². The van der Waals surface area contributed by atoms with E-state index < -0.39 is 16.6 Å². The van der Waals surface area contributed by atoms with E-state index in [-0.39, 0.29) is 28.5 Å². The molecule has 0 fully saturated rings. The molecular formula is C22H21BrN4O6. The van der Waals surface area contributed by atoms with Gasteiger partial charge in [-0.2, -0.15) is 9.78 Å². The average molecular weight is 517 g/mol. The van der Waals surface area contributed by atoms with Crippen LogP contribution in [0.5, 0.6) is 11.5 Å². The topological polar surface area (TPSA) is 126 Å². The first-order chi connectivity index (χ1) is 15.7. The minimum atomic E-state index is -0.726. The highest BCUT2D eigenvalue weighted by molar-refractivity contribution is 9.10. The number of carbonyl (C=O) groups excluding carboxylic acids is 1. The van der Waals surface area contributed by atoms with Gasteiger partial charge in [-0.15, -0.1) is 0 Å². The second kappa shape index (κ2) is 9.90. The number of carbonyl (C=O) groups is 1. The molecular weight excluding hydrogens is 496 g/mol. The summed E-state index contributed by atoms with van der Waals surface area (Å²) in [4.78, 5) is 40.1. The number of nitro benzene ring substituents is 1. The van der Waals surface area contributed by atoms with E-state index in [1.54, 1.807) is 18.2 Å². The van der Waals surface area contributed by atoms with Gasteiger partial charge in [0.05, 0.1) is 29.2 Å². The van der Waals surface area contributed by atoms with Crippen LogP contribution in [0.15, 0.2) is 44.7 Å². The maximum atomic E-state index is 13.2. The monoisotopic (exact) mass is 516 g/mol. The van der Waals surface area contributed by atoms with Crippen LogP contribution in [0.3, 0.4) is 0 Å². The molecule has 3 rings (SSSR count). The average Bonchev–Trinajstić information content (AvgIpc) is 2.78. The molecule has 1 aromatic heterocycles. The number of aromatic nitrogens is 2. The van der Waals surface area contributed by atoms with Gasteiger partial charge in [0, 0.05) is 28.9 Å². The molecule has 1 heterocycles. The molecule has 0 aliphatic rings. The molecule has 0 spiro atoms. The van der Waals surface area contributed by atoms with Crippen molar-refractivity contribution in [3.8, 4) is 11.5 Å². The van der Waals surface area contributed by atoms with E-state index in [1.165, 1.54) is 30.1 Å². The van der Waals surface area contributed by atoms with Crippen LogP contribution in [-0.4, -0.2) is 33.9 Å². The lowest BCUT2D eigenvalue weighted by Crippen LogP contribution is -2.23. The summed E-state index contributed by atoms with van der Waals surface area (Å²) in [5.74, 6) is -0.654. The summed E-state index contributed by atoms with van der Waals surface area (Å²) in [6, 6.07) is 7.83. The van der Waals surface area contributed by atoms with Crippen LogP contribution < -0.4 is 15.0 Å². The zero-order valence-corrected chi connectivity index (χ0v) is 20.0. The molecule has 0 radical (unpaired) electrons. The predicted octanol–water partition coefficient (Wildman–Crippen LogP) is 4.40. The summed E-state index contributed by atoms with van der Waals surface area (Å²) in [7, 11) is 1.30. The van der Waals surface area contributed by atoms with Crippen molar-refractivity contribution < 1.29 is 19.2 Å². The number of rotatable bonds is 7. The highest BCUT2D eigenvalue weighted by atomic mass is 79.9. The molecule has 0 unspecified atom stereocenters. The summed E-state index contributed by atoms with van der Waals surface area (Å²) in [6.07, 6.45) is 2.02. The van der Waals surface area contributed by atoms with E-state index in [2.05, 4.69) is 26.0 Å². The molecule has 0 N–H and O–H groups in total. The lowest BCUT2D eigenvalue weighted by molar-refractivity contribution is -0.385. The Labute approximate surface area is 197 Å². The lowest BCUT2D eigenvalue weighted by atomic mass is 10.1. The summed E-state index contributed by atoms with van der Waals surface area (Å²) in [5, 5.41) is 16.2. The maximum absolute atomic E-state index is 13.2.